The van der Waals surface area contributed by atoms with Crippen LogP contribution in [0, 0.1) is 4.77 Å². The molecule has 1 fully saturated rings. The zero-order valence-corrected chi connectivity index (χ0v) is 12.6. The van der Waals surface area contributed by atoms with Gasteiger partial charge >= 0.3 is 0 Å². The largest absolute Gasteiger partial charge is 0.353 e. The Labute approximate surface area is 123 Å². The number of hydrogen-bond donors (Lipinski definition) is 2. The second kappa shape index (κ2) is 5.05. The van der Waals surface area contributed by atoms with E-state index in [0.29, 0.717) is 23.8 Å². The first kappa shape index (κ1) is 12.8. The number of rotatable bonds is 4. The van der Waals surface area contributed by atoms with E-state index < -0.39 is 0 Å². The SMILES string of the molecule is O=C(CCn1c(=S)[nH]c2cc(Br)cnc21)NC1CC1. The maximum Gasteiger partial charge on any atom is 0.222 e. The lowest BCUT2D eigenvalue weighted by Gasteiger charge is -2.05. The summed E-state index contributed by atoms with van der Waals surface area (Å²) in [6.07, 6.45) is 4.36. The normalized spacial score (nSPS) is 14.8. The van der Waals surface area contributed by atoms with E-state index in [4.69, 9.17) is 12.2 Å². The van der Waals surface area contributed by atoms with Gasteiger partial charge in [-0.15, -0.1) is 0 Å². The van der Waals surface area contributed by atoms with Crippen molar-refractivity contribution in [2.24, 2.45) is 0 Å². The fourth-order valence-corrected chi connectivity index (χ4v) is 2.59. The Hall–Kier alpha value is -1.21. The van der Waals surface area contributed by atoms with Crippen molar-refractivity contribution in [1.82, 2.24) is 19.9 Å². The van der Waals surface area contributed by atoms with Crippen molar-refractivity contribution in [2.75, 3.05) is 0 Å². The van der Waals surface area contributed by atoms with E-state index in [2.05, 4.69) is 31.2 Å². The minimum atomic E-state index is 0.0795. The molecule has 0 unspecified atom stereocenters. The molecule has 0 aliphatic heterocycles. The van der Waals surface area contributed by atoms with Gasteiger partial charge in [0.25, 0.3) is 0 Å². The van der Waals surface area contributed by atoms with E-state index in [1.165, 1.54) is 0 Å². The topological polar surface area (TPSA) is 62.7 Å². The van der Waals surface area contributed by atoms with Gasteiger partial charge in [-0.2, -0.15) is 0 Å². The molecule has 100 valence electrons. The predicted octanol–water partition coefficient (Wildman–Crippen LogP) is 2.53. The van der Waals surface area contributed by atoms with Crippen molar-refractivity contribution in [3.8, 4) is 0 Å². The number of carbonyl (C=O) groups excluding carboxylic acids is 1. The Morgan fingerprint density at radius 1 is 1.63 bits per heavy atom. The first-order valence-electron chi connectivity index (χ1n) is 6.17. The third kappa shape index (κ3) is 2.87. The number of aromatic amines is 1. The number of fused-ring (bicyclic) bond motifs is 1. The Balaban J connectivity index is 1.78. The van der Waals surface area contributed by atoms with Crippen molar-refractivity contribution in [1.29, 1.82) is 0 Å². The highest BCUT2D eigenvalue weighted by molar-refractivity contribution is 9.10. The summed E-state index contributed by atoms with van der Waals surface area (Å²) in [5, 5.41) is 2.97. The van der Waals surface area contributed by atoms with Crippen LogP contribution in [0.2, 0.25) is 0 Å². The molecule has 1 saturated carbocycles. The summed E-state index contributed by atoms with van der Waals surface area (Å²) < 4.78 is 3.36. The lowest BCUT2D eigenvalue weighted by Crippen LogP contribution is -2.26. The highest BCUT2D eigenvalue weighted by atomic mass is 79.9. The van der Waals surface area contributed by atoms with Gasteiger partial charge in [0.15, 0.2) is 10.4 Å². The minimum absolute atomic E-state index is 0.0795. The summed E-state index contributed by atoms with van der Waals surface area (Å²) in [4.78, 5) is 19.1. The molecule has 0 saturated heterocycles. The molecule has 2 aromatic rings. The zero-order valence-electron chi connectivity index (χ0n) is 10.1. The van der Waals surface area contributed by atoms with Gasteiger partial charge in [-0.05, 0) is 47.1 Å². The van der Waals surface area contributed by atoms with E-state index in [1.54, 1.807) is 6.20 Å². The van der Waals surface area contributed by atoms with E-state index in [-0.39, 0.29) is 5.91 Å². The zero-order chi connectivity index (χ0) is 13.4. The molecule has 0 aromatic carbocycles. The molecular weight excluding hydrogens is 328 g/mol. The molecule has 0 bridgehead atoms. The van der Waals surface area contributed by atoms with E-state index >= 15 is 0 Å². The monoisotopic (exact) mass is 340 g/mol. The summed E-state index contributed by atoms with van der Waals surface area (Å²) in [5.74, 6) is 0.0795. The van der Waals surface area contributed by atoms with Crippen LogP contribution in [0.5, 0.6) is 0 Å². The van der Waals surface area contributed by atoms with Crippen LogP contribution >= 0.6 is 28.1 Å². The molecule has 1 aliphatic carbocycles. The number of H-pyrrole nitrogens is 1. The fraction of sp³-hybridized carbons (Fsp3) is 0.417. The van der Waals surface area contributed by atoms with Crippen LogP contribution in [0.1, 0.15) is 19.3 Å². The average molecular weight is 341 g/mol. The number of aromatic nitrogens is 3. The van der Waals surface area contributed by atoms with Gasteiger partial charge < -0.3 is 14.9 Å². The van der Waals surface area contributed by atoms with Gasteiger partial charge in [0.2, 0.25) is 5.91 Å². The number of hydrogen-bond acceptors (Lipinski definition) is 3. The number of nitrogens with one attached hydrogen (secondary N) is 2. The van der Waals surface area contributed by atoms with Crippen molar-refractivity contribution in [2.45, 2.75) is 31.8 Å². The maximum absolute atomic E-state index is 11.7. The maximum atomic E-state index is 11.7. The molecule has 0 atom stereocenters. The van der Waals surface area contributed by atoms with Crippen LogP contribution in [0.15, 0.2) is 16.7 Å². The van der Waals surface area contributed by atoms with Crippen LogP contribution in [-0.2, 0) is 11.3 Å². The molecule has 3 rings (SSSR count). The second-order valence-corrected chi connectivity index (χ2v) is 6.00. The van der Waals surface area contributed by atoms with Crippen molar-refractivity contribution < 1.29 is 4.79 Å². The molecule has 2 N–H and O–H groups in total. The average Bonchev–Trinajstić information content (AvgIpc) is 3.10. The highest BCUT2D eigenvalue weighted by Crippen LogP contribution is 2.19. The molecule has 2 aromatic heterocycles. The van der Waals surface area contributed by atoms with Crippen LogP contribution in [0.3, 0.4) is 0 Å². The first-order valence-corrected chi connectivity index (χ1v) is 7.37. The molecule has 19 heavy (non-hydrogen) atoms. The molecule has 7 heteroatoms. The first-order chi connectivity index (χ1) is 9.13. The highest BCUT2D eigenvalue weighted by Gasteiger charge is 2.23. The number of pyridine rings is 1. The summed E-state index contributed by atoms with van der Waals surface area (Å²) in [6, 6.07) is 2.33. The Morgan fingerprint density at radius 3 is 3.16 bits per heavy atom. The van der Waals surface area contributed by atoms with Crippen LogP contribution in [0.25, 0.3) is 11.2 Å². The molecule has 0 radical (unpaired) electrons. The predicted molar refractivity (Wildman–Crippen MR) is 78.4 cm³/mol. The van der Waals surface area contributed by atoms with Crippen molar-refractivity contribution in [3.05, 3.63) is 21.5 Å². The summed E-state index contributed by atoms with van der Waals surface area (Å²) in [7, 11) is 0. The molecule has 2 heterocycles. The summed E-state index contributed by atoms with van der Waals surface area (Å²) in [5.41, 5.74) is 1.66. The third-order valence-electron chi connectivity index (χ3n) is 3.08. The molecule has 1 aliphatic rings. The van der Waals surface area contributed by atoms with Gasteiger partial charge in [0, 0.05) is 29.7 Å². The fourth-order valence-electron chi connectivity index (χ4n) is 1.97. The molecular formula is C12H13BrN4OS. The van der Waals surface area contributed by atoms with Crippen LogP contribution in [-0.4, -0.2) is 26.5 Å². The Bertz CT molecular complexity index is 689. The summed E-state index contributed by atoms with van der Waals surface area (Å²) >= 11 is 8.64. The molecule has 0 spiro atoms. The Kier molecular flexibility index (Phi) is 3.40. The number of aryl methyl sites for hydroxylation is 1. The van der Waals surface area contributed by atoms with Gasteiger partial charge in [-0.3, -0.25) is 4.79 Å². The number of amides is 1. The van der Waals surface area contributed by atoms with E-state index in [1.807, 2.05) is 10.6 Å². The number of nitrogens with zero attached hydrogens (tertiary/aromatic N) is 2. The standard InChI is InChI=1S/C12H13BrN4OS/c13-7-5-9-11(14-6-7)17(12(19)16-9)4-3-10(18)15-8-1-2-8/h5-6,8H,1-4H2,(H,15,18)(H,16,19). The van der Waals surface area contributed by atoms with Crippen molar-refractivity contribution >= 4 is 45.2 Å². The van der Waals surface area contributed by atoms with E-state index in [0.717, 1.165) is 28.5 Å². The van der Waals surface area contributed by atoms with Gasteiger partial charge in [-0.25, -0.2) is 4.98 Å². The smallest absolute Gasteiger partial charge is 0.222 e. The van der Waals surface area contributed by atoms with Crippen molar-refractivity contribution in [3.63, 3.8) is 0 Å². The van der Waals surface area contributed by atoms with Gasteiger partial charge in [-0.1, -0.05) is 0 Å². The minimum Gasteiger partial charge on any atom is -0.353 e. The number of halogens is 1. The van der Waals surface area contributed by atoms with Gasteiger partial charge in [0.1, 0.15) is 0 Å². The molecule has 1 amide bonds. The number of carbonyl (C=O) groups is 1. The number of imidazole rings is 1. The van der Waals surface area contributed by atoms with E-state index in [9.17, 15) is 4.79 Å². The quantitative estimate of drug-likeness (QED) is 0.840. The summed E-state index contributed by atoms with van der Waals surface area (Å²) in [6.45, 7) is 0.548. The Morgan fingerprint density at radius 2 is 2.42 bits per heavy atom. The lowest BCUT2D eigenvalue weighted by atomic mass is 10.3. The lowest BCUT2D eigenvalue weighted by molar-refractivity contribution is -0.121. The van der Waals surface area contributed by atoms with Crippen LogP contribution in [0.4, 0.5) is 0 Å². The van der Waals surface area contributed by atoms with Gasteiger partial charge in [0.05, 0.1) is 5.52 Å². The second-order valence-electron chi connectivity index (χ2n) is 4.70. The molecule has 5 nitrogen and oxygen atoms in total. The van der Waals surface area contributed by atoms with Crippen LogP contribution < -0.4 is 5.32 Å². The third-order valence-corrected chi connectivity index (χ3v) is 3.84.